The normalized spacial score (nSPS) is 23.8. The predicted molar refractivity (Wildman–Crippen MR) is 84.8 cm³/mol. The van der Waals surface area contributed by atoms with Gasteiger partial charge in [-0.15, -0.1) is 0 Å². The fraction of sp³-hybridized carbons (Fsp3) is 0.429. The zero-order valence-corrected chi connectivity index (χ0v) is 13.4. The van der Waals surface area contributed by atoms with Crippen molar-refractivity contribution >= 4 is 10.0 Å². The zero-order chi connectivity index (χ0) is 16.7. The highest BCUT2D eigenvalue weighted by molar-refractivity contribution is 7.88. The SMILES string of the molecule is CS(=O)(=O)N[C@H]1[C@@H](N=[N+]=[N-])C=CO[C@@H]1COCc1ccccc1. The van der Waals surface area contributed by atoms with Gasteiger partial charge in [0.05, 0.1) is 37.8 Å². The van der Waals surface area contributed by atoms with Crippen LogP contribution >= 0.6 is 0 Å². The van der Waals surface area contributed by atoms with Gasteiger partial charge in [0.15, 0.2) is 0 Å². The van der Waals surface area contributed by atoms with Crippen molar-refractivity contribution in [3.63, 3.8) is 0 Å². The van der Waals surface area contributed by atoms with Gasteiger partial charge >= 0.3 is 0 Å². The summed E-state index contributed by atoms with van der Waals surface area (Å²) in [6, 6.07) is 8.19. The standard InChI is InChI=1S/C14H18N4O4S/c1-23(19,20)17-14-12(16-18-15)7-8-22-13(14)10-21-9-11-5-3-2-4-6-11/h2-8,12-14,17H,9-10H2,1H3/t12-,13+,14-/m0/s1. The summed E-state index contributed by atoms with van der Waals surface area (Å²) in [4.78, 5) is 2.74. The smallest absolute Gasteiger partial charge is 0.209 e. The second kappa shape index (κ2) is 7.98. The number of rotatable bonds is 7. The number of azide groups is 1. The largest absolute Gasteiger partial charge is 0.494 e. The van der Waals surface area contributed by atoms with Crippen LogP contribution in [-0.4, -0.2) is 39.5 Å². The van der Waals surface area contributed by atoms with Gasteiger partial charge in [-0.25, -0.2) is 13.1 Å². The lowest BCUT2D eigenvalue weighted by Crippen LogP contribution is -2.53. The molecule has 0 fully saturated rings. The van der Waals surface area contributed by atoms with Crippen molar-refractivity contribution in [1.82, 2.24) is 4.72 Å². The van der Waals surface area contributed by atoms with Crippen LogP contribution in [0.3, 0.4) is 0 Å². The minimum atomic E-state index is -3.49. The Morgan fingerprint density at radius 3 is 2.78 bits per heavy atom. The lowest BCUT2D eigenvalue weighted by Gasteiger charge is -2.32. The van der Waals surface area contributed by atoms with Crippen LogP contribution in [0.2, 0.25) is 0 Å². The first-order valence-corrected chi connectivity index (χ1v) is 8.84. The van der Waals surface area contributed by atoms with Crippen LogP contribution in [0.1, 0.15) is 5.56 Å². The third-order valence-electron chi connectivity index (χ3n) is 3.23. The molecule has 8 nitrogen and oxygen atoms in total. The van der Waals surface area contributed by atoms with Crippen LogP contribution in [0.4, 0.5) is 0 Å². The van der Waals surface area contributed by atoms with Gasteiger partial charge in [-0.05, 0) is 17.2 Å². The van der Waals surface area contributed by atoms with Crippen LogP contribution in [0.15, 0.2) is 47.8 Å². The number of sulfonamides is 1. The number of benzene rings is 1. The number of nitrogens with one attached hydrogen (secondary N) is 1. The molecule has 0 saturated heterocycles. The molecule has 124 valence electrons. The van der Waals surface area contributed by atoms with E-state index in [1.54, 1.807) is 0 Å². The van der Waals surface area contributed by atoms with Crippen molar-refractivity contribution in [3.05, 3.63) is 58.7 Å². The summed E-state index contributed by atoms with van der Waals surface area (Å²) in [5.41, 5.74) is 9.62. The van der Waals surface area contributed by atoms with Gasteiger partial charge in [-0.3, -0.25) is 0 Å². The summed E-state index contributed by atoms with van der Waals surface area (Å²) in [6.45, 7) is 0.534. The van der Waals surface area contributed by atoms with Gasteiger partial charge in [-0.1, -0.05) is 35.4 Å². The lowest BCUT2D eigenvalue weighted by atomic mass is 10.0. The van der Waals surface area contributed by atoms with Crippen LogP contribution < -0.4 is 4.72 Å². The van der Waals surface area contributed by atoms with Crippen molar-refractivity contribution in [3.8, 4) is 0 Å². The molecule has 1 N–H and O–H groups in total. The molecule has 0 amide bonds. The third kappa shape index (κ3) is 5.57. The van der Waals surface area contributed by atoms with Crippen LogP contribution in [0.25, 0.3) is 10.4 Å². The molecule has 9 heteroatoms. The van der Waals surface area contributed by atoms with Crippen molar-refractivity contribution in [2.75, 3.05) is 12.9 Å². The summed E-state index contributed by atoms with van der Waals surface area (Å²) in [5.74, 6) is 0. The Morgan fingerprint density at radius 1 is 1.39 bits per heavy atom. The molecule has 1 aliphatic rings. The average Bonchev–Trinajstić information content (AvgIpc) is 2.50. The van der Waals surface area contributed by atoms with Crippen LogP contribution in [-0.2, 0) is 26.1 Å². The highest BCUT2D eigenvalue weighted by Crippen LogP contribution is 2.17. The third-order valence-corrected chi connectivity index (χ3v) is 3.93. The molecule has 0 radical (unpaired) electrons. The first-order valence-electron chi connectivity index (χ1n) is 6.95. The van der Waals surface area contributed by atoms with E-state index in [9.17, 15) is 8.42 Å². The van der Waals surface area contributed by atoms with Crippen molar-refractivity contribution in [1.29, 1.82) is 0 Å². The number of nitrogens with zero attached hydrogens (tertiary/aromatic N) is 3. The van der Waals surface area contributed by atoms with E-state index in [4.69, 9.17) is 15.0 Å². The van der Waals surface area contributed by atoms with Gasteiger partial charge in [0.25, 0.3) is 0 Å². The van der Waals surface area contributed by atoms with Gasteiger partial charge in [0.1, 0.15) is 6.10 Å². The minimum Gasteiger partial charge on any atom is -0.494 e. The maximum absolute atomic E-state index is 11.5. The number of hydrogen-bond acceptors (Lipinski definition) is 5. The maximum atomic E-state index is 11.5. The molecule has 0 bridgehead atoms. The zero-order valence-electron chi connectivity index (χ0n) is 12.6. The summed E-state index contributed by atoms with van der Waals surface area (Å²) in [7, 11) is -3.49. The second-order valence-corrected chi connectivity index (χ2v) is 6.90. The Morgan fingerprint density at radius 2 is 2.13 bits per heavy atom. The highest BCUT2D eigenvalue weighted by Gasteiger charge is 2.34. The molecule has 0 aliphatic carbocycles. The second-order valence-electron chi connectivity index (χ2n) is 5.12. The molecule has 1 aromatic rings. The number of hydrogen-bond donors (Lipinski definition) is 1. The van der Waals surface area contributed by atoms with Crippen molar-refractivity contribution in [2.45, 2.75) is 24.8 Å². The quantitative estimate of drug-likeness (QED) is 0.463. The predicted octanol–water partition coefficient (Wildman–Crippen LogP) is 1.71. The molecule has 0 spiro atoms. The van der Waals surface area contributed by atoms with E-state index in [0.717, 1.165) is 11.8 Å². The Balaban J connectivity index is 2.02. The topological polar surface area (TPSA) is 113 Å². The van der Waals surface area contributed by atoms with E-state index >= 15 is 0 Å². The van der Waals surface area contributed by atoms with E-state index in [0.29, 0.717) is 6.61 Å². The van der Waals surface area contributed by atoms with Crippen LogP contribution in [0.5, 0.6) is 0 Å². The van der Waals surface area contributed by atoms with E-state index in [1.807, 2.05) is 30.3 Å². The fourth-order valence-electron chi connectivity index (χ4n) is 2.22. The van der Waals surface area contributed by atoms with Gasteiger partial charge in [0, 0.05) is 4.91 Å². The summed E-state index contributed by atoms with van der Waals surface area (Å²) < 4.78 is 36.5. The fourth-order valence-corrected chi connectivity index (χ4v) is 3.01. The molecule has 1 heterocycles. The monoisotopic (exact) mass is 338 g/mol. The van der Waals surface area contributed by atoms with E-state index < -0.39 is 28.2 Å². The molecule has 0 aromatic heterocycles. The highest BCUT2D eigenvalue weighted by atomic mass is 32.2. The molecule has 1 aliphatic heterocycles. The first kappa shape index (κ1) is 17.3. The van der Waals surface area contributed by atoms with Gasteiger partial charge in [0.2, 0.25) is 10.0 Å². The van der Waals surface area contributed by atoms with E-state index in [2.05, 4.69) is 14.7 Å². The van der Waals surface area contributed by atoms with Crippen molar-refractivity contribution in [2.24, 2.45) is 5.11 Å². The first-order chi connectivity index (χ1) is 11.0. The van der Waals surface area contributed by atoms with Gasteiger partial charge in [-0.2, -0.15) is 0 Å². The molecule has 1 aromatic carbocycles. The molecule has 23 heavy (non-hydrogen) atoms. The van der Waals surface area contributed by atoms with E-state index in [-0.39, 0.29) is 6.61 Å². The molecule has 2 rings (SSSR count). The summed E-state index contributed by atoms with van der Waals surface area (Å²) in [6.07, 6.45) is 3.36. The molecule has 0 unspecified atom stereocenters. The maximum Gasteiger partial charge on any atom is 0.209 e. The van der Waals surface area contributed by atoms with E-state index in [1.165, 1.54) is 12.3 Å². The molecular formula is C14H18N4O4S. The summed E-state index contributed by atoms with van der Waals surface area (Å²) in [5, 5.41) is 3.60. The minimum absolute atomic E-state index is 0.157. The van der Waals surface area contributed by atoms with Gasteiger partial charge < -0.3 is 9.47 Å². The molecule has 0 saturated carbocycles. The lowest BCUT2D eigenvalue weighted by molar-refractivity contribution is -0.00458. The average molecular weight is 338 g/mol. The Labute approximate surface area is 134 Å². The Hall–Kier alpha value is -2.06. The summed E-state index contributed by atoms with van der Waals surface area (Å²) >= 11 is 0. The Bertz CT molecular complexity index is 686. The van der Waals surface area contributed by atoms with Crippen LogP contribution in [0, 0.1) is 0 Å². The molecular weight excluding hydrogens is 320 g/mol. The Kier molecular flexibility index (Phi) is 6.00. The molecule has 3 atom stereocenters. The number of ether oxygens (including phenoxy) is 2. The van der Waals surface area contributed by atoms with Crippen molar-refractivity contribution < 1.29 is 17.9 Å².